The molecule has 0 amide bonds. The third kappa shape index (κ3) is 3.47. The van der Waals surface area contributed by atoms with Crippen LogP contribution in [-0.4, -0.2) is 23.3 Å². The molecule has 0 radical (unpaired) electrons. The van der Waals surface area contributed by atoms with Crippen LogP contribution >= 0.6 is 11.6 Å². The second-order valence-corrected chi connectivity index (χ2v) is 5.21. The van der Waals surface area contributed by atoms with E-state index in [1.165, 1.54) is 5.56 Å². The van der Waals surface area contributed by atoms with Gasteiger partial charge in [-0.15, -0.1) is 0 Å². The molecule has 1 fully saturated rings. The zero-order valence-corrected chi connectivity index (χ0v) is 10.9. The highest BCUT2D eigenvalue weighted by atomic mass is 35.5. The zero-order valence-electron chi connectivity index (χ0n) is 10.2. The average Bonchev–Trinajstić information content (AvgIpc) is 3.12. The normalized spacial score (nSPS) is 21.8. The van der Waals surface area contributed by atoms with Crippen LogP contribution in [0.5, 0.6) is 0 Å². The van der Waals surface area contributed by atoms with Gasteiger partial charge in [0, 0.05) is 5.02 Å². The van der Waals surface area contributed by atoms with Crippen molar-refractivity contribution in [3.63, 3.8) is 0 Å². The number of halogens is 1. The monoisotopic (exact) mass is 268 g/mol. The Bertz CT molecular complexity index is 410. The first-order valence-corrected chi connectivity index (χ1v) is 6.62. The molecule has 0 aromatic heterocycles. The Morgan fingerprint density at radius 2 is 1.94 bits per heavy atom. The predicted octanol–water partition coefficient (Wildman–Crippen LogP) is 3.30. The number of rotatable bonds is 7. The second kappa shape index (κ2) is 5.72. The van der Waals surface area contributed by atoms with Gasteiger partial charge in [-0.1, -0.05) is 30.2 Å². The van der Waals surface area contributed by atoms with Crippen LogP contribution in [0.25, 0.3) is 0 Å². The highest BCUT2D eigenvalue weighted by Crippen LogP contribution is 2.33. The summed E-state index contributed by atoms with van der Waals surface area (Å²) in [6.07, 6.45) is 4.64. The quantitative estimate of drug-likeness (QED) is 0.610. The summed E-state index contributed by atoms with van der Waals surface area (Å²) in [6.45, 7) is 0.375. The van der Waals surface area contributed by atoms with E-state index in [1.807, 2.05) is 24.3 Å². The van der Waals surface area contributed by atoms with Gasteiger partial charge < -0.3 is 9.84 Å². The molecule has 4 heteroatoms. The minimum atomic E-state index is -0.847. The van der Waals surface area contributed by atoms with Gasteiger partial charge >= 0.3 is 5.97 Å². The maximum absolute atomic E-state index is 10.9. The molecule has 1 aliphatic rings. The predicted molar refractivity (Wildman–Crippen MR) is 69.9 cm³/mol. The summed E-state index contributed by atoms with van der Waals surface area (Å²) in [5.41, 5.74) is 0.426. The van der Waals surface area contributed by atoms with Crippen molar-refractivity contribution in [3.05, 3.63) is 34.9 Å². The van der Waals surface area contributed by atoms with E-state index >= 15 is 0 Å². The molecular weight excluding hydrogens is 252 g/mol. The molecule has 0 bridgehead atoms. The molecule has 3 nitrogen and oxygen atoms in total. The molecule has 1 N–H and O–H groups in total. The minimum Gasteiger partial charge on any atom is -0.479 e. The molecule has 1 heterocycles. The maximum atomic E-state index is 10.9. The molecule has 18 heavy (non-hydrogen) atoms. The number of benzene rings is 1. The number of carbonyl (C=O) groups is 1. The van der Waals surface area contributed by atoms with E-state index in [4.69, 9.17) is 21.4 Å². The van der Waals surface area contributed by atoms with Gasteiger partial charge in [-0.25, -0.2) is 4.79 Å². The highest BCUT2D eigenvalue weighted by Gasteiger charge is 2.51. The van der Waals surface area contributed by atoms with E-state index in [0.717, 1.165) is 30.7 Å². The summed E-state index contributed by atoms with van der Waals surface area (Å²) in [7, 11) is 0. The lowest BCUT2D eigenvalue weighted by Crippen LogP contribution is -2.23. The van der Waals surface area contributed by atoms with Gasteiger partial charge in [0.1, 0.15) is 0 Å². The molecule has 1 aromatic rings. The summed E-state index contributed by atoms with van der Waals surface area (Å²) < 4.78 is 5.02. The molecule has 0 aliphatic carbocycles. The van der Waals surface area contributed by atoms with Crippen LogP contribution in [0.1, 0.15) is 31.2 Å². The SMILES string of the molecule is O=C(O)[C@@]1(CCCCCc2ccc(Cl)cc2)CO1. The Morgan fingerprint density at radius 1 is 1.28 bits per heavy atom. The standard InChI is InChI=1S/C14H17ClO3/c15-12-7-5-11(6-8-12)4-2-1-3-9-14(10-18-14)13(16)17/h5-8H,1-4,9-10H2,(H,16,17)/t14-/m1/s1. The summed E-state index contributed by atoms with van der Waals surface area (Å²) in [5, 5.41) is 9.68. The van der Waals surface area contributed by atoms with Crippen molar-refractivity contribution >= 4 is 17.6 Å². The van der Waals surface area contributed by atoms with Crippen LogP contribution < -0.4 is 0 Å². The van der Waals surface area contributed by atoms with Crippen molar-refractivity contribution in [2.45, 2.75) is 37.7 Å². The number of unbranched alkanes of at least 4 members (excludes halogenated alkanes) is 2. The fourth-order valence-corrected chi connectivity index (χ4v) is 2.16. The summed E-state index contributed by atoms with van der Waals surface area (Å²) in [5.74, 6) is -0.819. The van der Waals surface area contributed by atoms with Gasteiger partial charge in [-0.3, -0.25) is 0 Å². The largest absolute Gasteiger partial charge is 0.479 e. The smallest absolute Gasteiger partial charge is 0.338 e. The number of aryl methyl sites for hydroxylation is 1. The Kier molecular flexibility index (Phi) is 4.25. The van der Waals surface area contributed by atoms with Gasteiger partial charge in [0.2, 0.25) is 0 Å². The Hall–Kier alpha value is -1.06. The molecule has 1 aromatic carbocycles. The van der Waals surface area contributed by atoms with Crippen LogP contribution in [0.4, 0.5) is 0 Å². The summed E-state index contributed by atoms with van der Waals surface area (Å²) in [6, 6.07) is 7.86. The third-order valence-corrected chi connectivity index (χ3v) is 3.59. The summed E-state index contributed by atoms with van der Waals surface area (Å²) in [4.78, 5) is 10.9. The first-order chi connectivity index (χ1) is 8.62. The van der Waals surface area contributed by atoms with Gasteiger partial charge in [0.25, 0.3) is 0 Å². The Balaban J connectivity index is 1.62. The van der Waals surface area contributed by atoms with E-state index in [2.05, 4.69) is 0 Å². The lowest BCUT2D eigenvalue weighted by molar-refractivity contribution is -0.143. The van der Waals surface area contributed by atoms with E-state index in [9.17, 15) is 4.79 Å². The molecule has 0 unspecified atom stereocenters. The van der Waals surface area contributed by atoms with Crippen molar-refractivity contribution in [2.24, 2.45) is 0 Å². The van der Waals surface area contributed by atoms with E-state index in [0.29, 0.717) is 13.0 Å². The second-order valence-electron chi connectivity index (χ2n) is 4.78. The molecule has 2 rings (SSSR count). The van der Waals surface area contributed by atoms with Crippen molar-refractivity contribution in [2.75, 3.05) is 6.61 Å². The van der Waals surface area contributed by atoms with Crippen LogP contribution in [-0.2, 0) is 16.0 Å². The van der Waals surface area contributed by atoms with Crippen LogP contribution in [0.3, 0.4) is 0 Å². The number of hydrogen-bond donors (Lipinski definition) is 1. The third-order valence-electron chi connectivity index (χ3n) is 3.34. The first-order valence-electron chi connectivity index (χ1n) is 6.24. The number of aliphatic carboxylic acids is 1. The molecule has 1 atom stereocenters. The molecular formula is C14H17ClO3. The van der Waals surface area contributed by atoms with Gasteiger partial charge in [-0.05, 0) is 43.4 Å². The number of carboxylic acids is 1. The van der Waals surface area contributed by atoms with Gasteiger partial charge in [-0.2, -0.15) is 0 Å². The van der Waals surface area contributed by atoms with Crippen molar-refractivity contribution < 1.29 is 14.6 Å². The van der Waals surface area contributed by atoms with Crippen molar-refractivity contribution in [1.82, 2.24) is 0 Å². The maximum Gasteiger partial charge on any atom is 0.338 e. The topological polar surface area (TPSA) is 49.8 Å². The van der Waals surface area contributed by atoms with Crippen LogP contribution in [0.2, 0.25) is 5.02 Å². The Morgan fingerprint density at radius 3 is 2.50 bits per heavy atom. The first kappa shape index (κ1) is 13.4. The number of epoxide rings is 1. The van der Waals surface area contributed by atoms with E-state index in [1.54, 1.807) is 0 Å². The molecule has 0 spiro atoms. The number of hydrogen-bond acceptors (Lipinski definition) is 2. The molecule has 1 aliphatic heterocycles. The Labute approximate surface area is 112 Å². The highest BCUT2D eigenvalue weighted by molar-refractivity contribution is 6.30. The summed E-state index contributed by atoms with van der Waals surface area (Å²) >= 11 is 5.81. The number of ether oxygens (including phenoxy) is 1. The van der Waals surface area contributed by atoms with E-state index in [-0.39, 0.29) is 0 Å². The fourth-order valence-electron chi connectivity index (χ4n) is 2.03. The lowest BCUT2D eigenvalue weighted by Gasteiger charge is -2.06. The van der Waals surface area contributed by atoms with Crippen LogP contribution in [0.15, 0.2) is 24.3 Å². The van der Waals surface area contributed by atoms with Crippen LogP contribution in [0, 0.1) is 0 Å². The van der Waals surface area contributed by atoms with Crippen molar-refractivity contribution in [3.8, 4) is 0 Å². The van der Waals surface area contributed by atoms with E-state index < -0.39 is 11.6 Å². The van der Waals surface area contributed by atoms with Crippen molar-refractivity contribution in [1.29, 1.82) is 0 Å². The van der Waals surface area contributed by atoms with Gasteiger partial charge in [0.05, 0.1) is 6.61 Å². The zero-order chi connectivity index (χ0) is 13.0. The van der Waals surface area contributed by atoms with Gasteiger partial charge in [0.15, 0.2) is 5.60 Å². The average molecular weight is 269 g/mol. The molecule has 98 valence electrons. The minimum absolute atomic E-state index is 0.375. The lowest BCUT2D eigenvalue weighted by atomic mass is 10.0. The molecule has 0 saturated carbocycles. The molecule has 1 saturated heterocycles. The number of carboxylic acid groups (broad SMARTS) is 1. The fraction of sp³-hybridized carbons (Fsp3) is 0.500.